The molecule has 2 aromatic heterocycles. The monoisotopic (exact) mass is 246 g/mol. The zero-order valence-electron chi connectivity index (χ0n) is 11.0. The molecule has 0 saturated heterocycles. The Morgan fingerprint density at radius 2 is 2.06 bits per heavy atom. The highest BCUT2D eigenvalue weighted by molar-refractivity contribution is 5.13. The number of rotatable bonds is 4. The molecule has 0 aliphatic heterocycles. The van der Waals surface area contributed by atoms with Gasteiger partial charge in [-0.1, -0.05) is 20.8 Å². The van der Waals surface area contributed by atoms with Crippen LogP contribution in [0.2, 0.25) is 0 Å². The summed E-state index contributed by atoms with van der Waals surface area (Å²) in [4.78, 5) is 12.6. The first kappa shape index (κ1) is 12.5. The van der Waals surface area contributed by atoms with Gasteiger partial charge in [-0.05, 0) is 0 Å². The van der Waals surface area contributed by atoms with Gasteiger partial charge in [-0.2, -0.15) is 0 Å². The Balaban J connectivity index is 1.87. The molecule has 0 radical (unpaired) electrons. The van der Waals surface area contributed by atoms with Crippen molar-refractivity contribution in [3.8, 4) is 5.88 Å². The maximum atomic E-state index is 5.52. The summed E-state index contributed by atoms with van der Waals surface area (Å²) in [6, 6.07) is 0. The molecule has 96 valence electrons. The van der Waals surface area contributed by atoms with E-state index in [1.54, 1.807) is 24.9 Å². The van der Waals surface area contributed by atoms with Crippen molar-refractivity contribution in [3.63, 3.8) is 0 Å². The van der Waals surface area contributed by atoms with Crippen molar-refractivity contribution in [1.29, 1.82) is 0 Å². The molecule has 18 heavy (non-hydrogen) atoms. The van der Waals surface area contributed by atoms with Gasteiger partial charge >= 0.3 is 0 Å². The van der Waals surface area contributed by atoms with Crippen LogP contribution >= 0.6 is 0 Å². The highest BCUT2D eigenvalue weighted by atomic mass is 16.5. The first-order valence-corrected chi connectivity index (χ1v) is 5.97. The third-order valence-electron chi connectivity index (χ3n) is 2.56. The van der Waals surface area contributed by atoms with Gasteiger partial charge in [0.25, 0.3) is 0 Å². The van der Waals surface area contributed by atoms with Gasteiger partial charge in [0.2, 0.25) is 5.88 Å². The van der Waals surface area contributed by atoms with Gasteiger partial charge in [0.15, 0.2) is 0 Å². The summed E-state index contributed by atoms with van der Waals surface area (Å²) < 4.78 is 7.48. The lowest BCUT2D eigenvalue weighted by atomic mass is 9.93. The largest absolute Gasteiger partial charge is 0.475 e. The van der Waals surface area contributed by atoms with Crippen molar-refractivity contribution in [1.82, 2.24) is 19.5 Å². The summed E-state index contributed by atoms with van der Waals surface area (Å²) in [5, 5.41) is 0. The second-order valence-corrected chi connectivity index (χ2v) is 5.14. The smallest absolute Gasteiger partial charge is 0.232 e. The fourth-order valence-corrected chi connectivity index (χ4v) is 1.45. The Morgan fingerprint density at radius 3 is 2.61 bits per heavy atom. The van der Waals surface area contributed by atoms with Crippen LogP contribution in [0.4, 0.5) is 0 Å². The van der Waals surface area contributed by atoms with E-state index in [1.807, 2.05) is 10.8 Å². The second kappa shape index (κ2) is 5.16. The van der Waals surface area contributed by atoms with E-state index < -0.39 is 0 Å². The van der Waals surface area contributed by atoms with Crippen molar-refractivity contribution in [3.05, 3.63) is 36.8 Å². The lowest BCUT2D eigenvalue weighted by molar-refractivity contribution is 0.285. The molecule has 2 aromatic rings. The van der Waals surface area contributed by atoms with Gasteiger partial charge < -0.3 is 9.30 Å². The van der Waals surface area contributed by atoms with Crippen LogP contribution in [0.15, 0.2) is 31.1 Å². The molecule has 0 atom stereocenters. The third-order valence-corrected chi connectivity index (χ3v) is 2.56. The number of hydrogen-bond acceptors (Lipinski definition) is 4. The molecule has 0 aromatic carbocycles. The molecular weight excluding hydrogens is 228 g/mol. The standard InChI is InChI=1S/C13H18N4O/c1-13(2,3)11-8-16-12(9-15-11)18-7-6-17-5-4-14-10-17/h4-5,8-10H,6-7H2,1-3H3. The summed E-state index contributed by atoms with van der Waals surface area (Å²) in [6.07, 6.45) is 8.86. The van der Waals surface area contributed by atoms with Crippen LogP contribution in [-0.2, 0) is 12.0 Å². The third kappa shape index (κ3) is 3.29. The summed E-state index contributed by atoms with van der Waals surface area (Å²) in [6.45, 7) is 7.63. The van der Waals surface area contributed by atoms with Crippen LogP contribution in [0, 0.1) is 0 Å². The molecule has 0 N–H and O–H groups in total. The van der Waals surface area contributed by atoms with Gasteiger partial charge in [0.05, 0.1) is 31.0 Å². The zero-order valence-corrected chi connectivity index (χ0v) is 11.0. The van der Waals surface area contributed by atoms with E-state index in [4.69, 9.17) is 4.74 Å². The number of imidazole rings is 1. The molecule has 0 unspecified atom stereocenters. The lowest BCUT2D eigenvalue weighted by Crippen LogP contribution is -2.14. The van der Waals surface area contributed by atoms with E-state index >= 15 is 0 Å². The summed E-state index contributed by atoms with van der Waals surface area (Å²) in [7, 11) is 0. The van der Waals surface area contributed by atoms with Crippen LogP contribution in [0.3, 0.4) is 0 Å². The minimum Gasteiger partial charge on any atom is -0.475 e. The Labute approximate surface area is 107 Å². The van der Waals surface area contributed by atoms with Gasteiger partial charge in [-0.3, -0.25) is 4.98 Å². The zero-order chi connectivity index (χ0) is 13.0. The molecule has 0 aliphatic carbocycles. The van der Waals surface area contributed by atoms with Crippen molar-refractivity contribution < 1.29 is 4.74 Å². The first-order valence-electron chi connectivity index (χ1n) is 5.97. The SMILES string of the molecule is CC(C)(C)c1cnc(OCCn2ccnc2)cn1. The van der Waals surface area contributed by atoms with Crippen molar-refractivity contribution in [2.24, 2.45) is 0 Å². The molecule has 2 rings (SSSR count). The molecule has 5 heteroatoms. The molecule has 0 aliphatic rings. The highest BCUT2D eigenvalue weighted by Crippen LogP contribution is 2.19. The average Bonchev–Trinajstić information content (AvgIpc) is 2.82. The van der Waals surface area contributed by atoms with Crippen LogP contribution in [0.1, 0.15) is 26.5 Å². The fourth-order valence-electron chi connectivity index (χ4n) is 1.45. The summed E-state index contributed by atoms with van der Waals surface area (Å²) in [5.41, 5.74) is 0.979. The van der Waals surface area contributed by atoms with Crippen LogP contribution in [0.5, 0.6) is 5.88 Å². The van der Waals surface area contributed by atoms with E-state index in [0.717, 1.165) is 12.2 Å². The van der Waals surface area contributed by atoms with Crippen molar-refractivity contribution >= 4 is 0 Å². The van der Waals surface area contributed by atoms with E-state index in [2.05, 4.69) is 35.7 Å². The predicted octanol–water partition coefficient (Wildman–Crippen LogP) is 2.05. The first-order chi connectivity index (χ1) is 8.55. The van der Waals surface area contributed by atoms with E-state index in [0.29, 0.717) is 12.5 Å². The topological polar surface area (TPSA) is 52.8 Å². The molecule has 5 nitrogen and oxygen atoms in total. The molecule has 2 heterocycles. The number of ether oxygens (including phenoxy) is 1. The second-order valence-electron chi connectivity index (χ2n) is 5.14. The van der Waals surface area contributed by atoms with Gasteiger partial charge in [0.1, 0.15) is 6.61 Å². The Kier molecular flexibility index (Phi) is 3.60. The maximum Gasteiger partial charge on any atom is 0.232 e. The molecule has 0 bridgehead atoms. The van der Waals surface area contributed by atoms with E-state index in [1.165, 1.54) is 0 Å². The molecule has 0 fully saturated rings. The molecule has 0 spiro atoms. The number of hydrogen-bond donors (Lipinski definition) is 0. The van der Waals surface area contributed by atoms with Crippen LogP contribution < -0.4 is 4.74 Å². The summed E-state index contributed by atoms with van der Waals surface area (Å²) in [5.74, 6) is 0.558. The normalized spacial score (nSPS) is 11.5. The highest BCUT2D eigenvalue weighted by Gasteiger charge is 2.15. The van der Waals surface area contributed by atoms with Gasteiger partial charge in [0, 0.05) is 17.8 Å². The summed E-state index contributed by atoms with van der Waals surface area (Å²) >= 11 is 0. The maximum absolute atomic E-state index is 5.52. The molecule has 0 amide bonds. The van der Waals surface area contributed by atoms with E-state index in [9.17, 15) is 0 Å². The molecule has 0 saturated carbocycles. The van der Waals surface area contributed by atoms with Crippen molar-refractivity contribution in [2.75, 3.05) is 6.61 Å². The Bertz CT molecular complexity index is 471. The number of aromatic nitrogens is 4. The fraction of sp³-hybridized carbons (Fsp3) is 0.462. The Hall–Kier alpha value is -1.91. The van der Waals surface area contributed by atoms with Crippen molar-refractivity contribution in [2.45, 2.75) is 32.7 Å². The van der Waals surface area contributed by atoms with Crippen LogP contribution in [0.25, 0.3) is 0 Å². The van der Waals surface area contributed by atoms with E-state index in [-0.39, 0.29) is 5.41 Å². The quantitative estimate of drug-likeness (QED) is 0.828. The van der Waals surface area contributed by atoms with Crippen LogP contribution in [-0.4, -0.2) is 26.1 Å². The van der Waals surface area contributed by atoms with Gasteiger partial charge in [-0.15, -0.1) is 0 Å². The Morgan fingerprint density at radius 1 is 1.22 bits per heavy atom. The van der Waals surface area contributed by atoms with Gasteiger partial charge in [-0.25, -0.2) is 9.97 Å². The lowest BCUT2D eigenvalue weighted by Gasteiger charge is -2.16. The minimum atomic E-state index is 0.0162. The minimum absolute atomic E-state index is 0.0162. The predicted molar refractivity (Wildman–Crippen MR) is 68.5 cm³/mol. The average molecular weight is 246 g/mol. The molecular formula is C13H18N4O. The number of nitrogens with zero attached hydrogens (tertiary/aromatic N) is 4.